The lowest BCUT2D eigenvalue weighted by molar-refractivity contribution is 0.0920. The van der Waals surface area contributed by atoms with Gasteiger partial charge in [0.1, 0.15) is 35.9 Å². The Hall–Kier alpha value is -3.44. The highest BCUT2D eigenvalue weighted by Gasteiger charge is 2.19. The number of ether oxygens (including phenoxy) is 4. The van der Waals surface area contributed by atoms with E-state index in [9.17, 15) is 8.42 Å². The van der Waals surface area contributed by atoms with Gasteiger partial charge in [-0.3, -0.25) is 0 Å². The smallest absolute Gasteiger partial charge is 0.237 e. The van der Waals surface area contributed by atoms with E-state index < -0.39 is 9.84 Å². The molecule has 4 rings (SSSR count). The molecule has 0 saturated carbocycles. The van der Waals surface area contributed by atoms with Crippen molar-refractivity contribution in [2.45, 2.75) is 31.1 Å². The van der Waals surface area contributed by atoms with Crippen LogP contribution in [0, 0.1) is 6.54 Å². The number of aromatic nitrogens is 3. The Morgan fingerprint density at radius 2 is 1.88 bits per heavy atom. The molecule has 1 radical (unpaired) electrons. The Bertz CT molecular complexity index is 1290. The van der Waals surface area contributed by atoms with Gasteiger partial charge in [-0.25, -0.2) is 23.4 Å². The summed E-state index contributed by atoms with van der Waals surface area (Å²) in [4.78, 5) is 15.6. The Labute approximate surface area is 197 Å². The highest BCUT2D eigenvalue weighted by atomic mass is 32.2. The number of rotatable bonds is 9. The summed E-state index contributed by atoms with van der Waals surface area (Å²) in [6, 6.07) is 9.19. The van der Waals surface area contributed by atoms with Crippen molar-refractivity contribution in [3.63, 3.8) is 0 Å². The number of benzene rings is 1. The average molecular weight is 486 g/mol. The molecule has 11 heteroatoms. The Morgan fingerprint density at radius 3 is 2.53 bits per heavy atom. The molecule has 3 aromatic rings. The summed E-state index contributed by atoms with van der Waals surface area (Å²) in [7, 11) is -1.85. The fraction of sp³-hybridized carbons (Fsp3) is 0.304. The summed E-state index contributed by atoms with van der Waals surface area (Å²) in [5.41, 5.74) is 2.34. The summed E-state index contributed by atoms with van der Waals surface area (Å²) < 4.78 is 46.0. The van der Waals surface area contributed by atoms with Gasteiger partial charge in [-0.05, 0) is 38.1 Å². The van der Waals surface area contributed by atoms with Crippen molar-refractivity contribution in [2.24, 2.45) is 4.99 Å². The van der Waals surface area contributed by atoms with Gasteiger partial charge in [0.05, 0.1) is 19.0 Å². The molecule has 10 nitrogen and oxygen atoms in total. The van der Waals surface area contributed by atoms with Gasteiger partial charge in [-0.15, -0.1) is 0 Å². The van der Waals surface area contributed by atoms with Crippen molar-refractivity contribution in [3.05, 3.63) is 55.0 Å². The fourth-order valence-corrected chi connectivity index (χ4v) is 3.74. The summed E-state index contributed by atoms with van der Waals surface area (Å²) in [5.74, 6) is 1.67. The van der Waals surface area contributed by atoms with Crippen molar-refractivity contribution in [1.29, 1.82) is 0 Å². The first-order valence-electron chi connectivity index (χ1n) is 10.5. The summed E-state index contributed by atoms with van der Waals surface area (Å²) in [6.07, 6.45) is 3.22. The van der Waals surface area contributed by atoms with Crippen LogP contribution >= 0.6 is 0 Å². The maximum atomic E-state index is 11.6. The van der Waals surface area contributed by atoms with Gasteiger partial charge in [-0.1, -0.05) is 0 Å². The maximum Gasteiger partial charge on any atom is 0.237 e. The SMILES string of the molecule is COC[C@H](C)Oc1cc(Oc2cnc(S(C)(=O)=O)cn2)cc(-c2ccc(C3=N[CH][C@H](C)O3)[nH]2)c1. The van der Waals surface area contributed by atoms with E-state index in [0.717, 1.165) is 29.4 Å². The number of aromatic amines is 1. The van der Waals surface area contributed by atoms with Crippen LogP contribution in [0.25, 0.3) is 11.3 Å². The number of methoxy groups -OCH3 is 1. The number of hydrogen-bond donors (Lipinski definition) is 1. The number of nitrogens with zero attached hydrogens (tertiary/aromatic N) is 3. The third-order valence-electron chi connectivity index (χ3n) is 4.75. The first-order valence-corrected chi connectivity index (χ1v) is 12.4. The Balaban J connectivity index is 1.64. The van der Waals surface area contributed by atoms with Crippen molar-refractivity contribution in [3.8, 4) is 28.6 Å². The maximum absolute atomic E-state index is 11.6. The van der Waals surface area contributed by atoms with Gasteiger partial charge in [0, 0.05) is 30.7 Å². The monoisotopic (exact) mass is 485 g/mol. The lowest BCUT2D eigenvalue weighted by atomic mass is 10.1. The van der Waals surface area contributed by atoms with Crippen molar-refractivity contribution >= 4 is 15.7 Å². The Morgan fingerprint density at radius 1 is 1.12 bits per heavy atom. The zero-order valence-electron chi connectivity index (χ0n) is 19.2. The van der Waals surface area contributed by atoms with E-state index in [-0.39, 0.29) is 23.1 Å². The number of aliphatic imine (C=N–C) groups is 1. The molecule has 179 valence electrons. The second-order valence-electron chi connectivity index (χ2n) is 7.84. The molecule has 0 saturated heterocycles. The predicted molar refractivity (Wildman–Crippen MR) is 125 cm³/mol. The van der Waals surface area contributed by atoms with Gasteiger partial charge in [0.2, 0.25) is 11.8 Å². The molecule has 0 fully saturated rings. The molecule has 1 aromatic carbocycles. The van der Waals surface area contributed by atoms with Gasteiger partial charge in [0.15, 0.2) is 14.9 Å². The lowest BCUT2D eigenvalue weighted by Gasteiger charge is -2.16. The molecule has 2 atom stereocenters. The quantitative estimate of drug-likeness (QED) is 0.489. The standard InChI is InChI=1S/C23H25N4O6S/c1-14-10-26-23(32-14)20-6-5-19(27-20)16-7-17(31-15(2)13-30-3)9-18(8-16)33-21-11-25-22(12-24-21)34(4,28)29/h5-12,14-15,27H,13H2,1-4H3/t14-,15-/m0/s1. The van der Waals surface area contributed by atoms with Crippen LogP contribution in [0.5, 0.6) is 17.4 Å². The van der Waals surface area contributed by atoms with Crippen LogP contribution in [0.1, 0.15) is 19.5 Å². The van der Waals surface area contributed by atoms with E-state index >= 15 is 0 Å². The van der Waals surface area contributed by atoms with E-state index in [2.05, 4.69) is 19.9 Å². The van der Waals surface area contributed by atoms with Crippen LogP contribution < -0.4 is 9.47 Å². The summed E-state index contributed by atoms with van der Waals surface area (Å²) in [6.45, 7) is 5.96. The molecule has 1 aliphatic rings. The lowest BCUT2D eigenvalue weighted by Crippen LogP contribution is -2.17. The van der Waals surface area contributed by atoms with Crippen LogP contribution in [-0.4, -0.2) is 61.4 Å². The van der Waals surface area contributed by atoms with E-state index in [4.69, 9.17) is 18.9 Å². The molecule has 1 N–H and O–H groups in total. The van der Waals surface area contributed by atoms with Gasteiger partial charge < -0.3 is 23.9 Å². The number of sulfone groups is 1. The molecule has 0 aliphatic carbocycles. The summed E-state index contributed by atoms with van der Waals surface area (Å²) in [5, 5.41) is -0.131. The van der Waals surface area contributed by atoms with Crippen LogP contribution in [0.2, 0.25) is 0 Å². The van der Waals surface area contributed by atoms with Gasteiger partial charge >= 0.3 is 0 Å². The average Bonchev–Trinajstić information content (AvgIpc) is 3.43. The summed E-state index contributed by atoms with van der Waals surface area (Å²) >= 11 is 0. The molecule has 34 heavy (non-hydrogen) atoms. The van der Waals surface area contributed by atoms with Crippen molar-refractivity contribution in [2.75, 3.05) is 20.0 Å². The number of hydrogen-bond acceptors (Lipinski definition) is 9. The highest BCUT2D eigenvalue weighted by molar-refractivity contribution is 7.90. The highest BCUT2D eigenvalue weighted by Crippen LogP contribution is 2.32. The van der Waals surface area contributed by atoms with E-state index in [1.807, 2.05) is 38.1 Å². The van der Waals surface area contributed by atoms with Crippen LogP contribution in [0.4, 0.5) is 0 Å². The van der Waals surface area contributed by atoms with Gasteiger partial charge in [0.25, 0.3) is 0 Å². The largest absolute Gasteiger partial charge is 0.488 e. The first-order chi connectivity index (χ1) is 16.2. The molecule has 3 heterocycles. The fourth-order valence-electron chi connectivity index (χ4n) is 3.26. The van der Waals surface area contributed by atoms with E-state index in [1.165, 1.54) is 6.20 Å². The second-order valence-corrected chi connectivity index (χ2v) is 9.80. The topological polar surface area (TPSA) is 125 Å². The predicted octanol–water partition coefficient (Wildman–Crippen LogP) is 3.41. The molecule has 0 spiro atoms. The molecule has 0 bridgehead atoms. The minimum atomic E-state index is -3.46. The molecular formula is C23H25N4O6S. The third kappa shape index (κ3) is 5.72. The molecule has 0 amide bonds. The van der Waals surface area contributed by atoms with E-state index in [1.54, 1.807) is 19.7 Å². The van der Waals surface area contributed by atoms with E-state index in [0.29, 0.717) is 24.0 Å². The second kappa shape index (κ2) is 9.82. The zero-order chi connectivity index (χ0) is 24.3. The molecule has 2 aromatic heterocycles. The molecular weight excluding hydrogens is 460 g/mol. The zero-order valence-corrected chi connectivity index (χ0v) is 20.0. The first kappa shape index (κ1) is 23.7. The van der Waals surface area contributed by atoms with Gasteiger partial charge in [-0.2, -0.15) is 0 Å². The Kier molecular flexibility index (Phi) is 6.85. The number of H-pyrrole nitrogens is 1. The normalized spacial score (nSPS) is 16.6. The van der Waals surface area contributed by atoms with Crippen LogP contribution in [0.15, 0.2) is 52.7 Å². The third-order valence-corrected chi connectivity index (χ3v) is 5.72. The minimum Gasteiger partial charge on any atom is -0.488 e. The molecule has 0 unspecified atom stereocenters. The minimum absolute atomic E-state index is 0.0732. The molecule has 1 aliphatic heterocycles. The number of nitrogens with one attached hydrogen (secondary N) is 1. The van der Waals surface area contributed by atoms with Crippen LogP contribution in [0.3, 0.4) is 0 Å². The van der Waals surface area contributed by atoms with Crippen LogP contribution in [-0.2, 0) is 19.3 Å². The van der Waals surface area contributed by atoms with Crippen molar-refractivity contribution in [1.82, 2.24) is 15.0 Å². The van der Waals surface area contributed by atoms with Crippen molar-refractivity contribution < 1.29 is 27.4 Å².